The maximum absolute atomic E-state index is 13.3. The molecule has 3 aromatic rings. The summed E-state index contributed by atoms with van der Waals surface area (Å²) in [6.45, 7) is 8.94. The highest BCUT2D eigenvalue weighted by atomic mass is 16.2. The van der Waals surface area contributed by atoms with Gasteiger partial charge in [-0.2, -0.15) is 5.10 Å². The molecule has 2 aromatic carbocycles. The summed E-state index contributed by atoms with van der Waals surface area (Å²) in [6.07, 6.45) is 1.44. The number of carbonyl (C=O) groups is 4. The summed E-state index contributed by atoms with van der Waals surface area (Å²) in [5, 5.41) is 7.19. The molecule has 0 bridgehead atoms. The molecular formula is C27H29N5O4. The fraction of sp³-hybridized carbons (Fsp3) is 0.296. The van der Waals surface area contributed by atoms with E-state index in [4.69, 9.17) is 0 Å². The van der Waals surface area contributed by atoms with E-state index in [1.165, 1.54) is 34.0 Å². The van der Waals surface area contributed by atoms with Crippen LogP contribution >= 0.6 is 0 Å². The van der Waals surface area contributed by atoms with Crippen LogP contribution in [0.1, 0.15) is 69.1 Å². The van der Waals surface area contributed by atoms with Crippen LogP contribution in [-0.2, 0) is 0 Å². The average molecular weight is 488 g/mol. The van der Waals surface area contributed by atoms with Gasteiger partial charge in [0.05, 0.1) is 23.0 Å². The number of rotatable bonds is 8. The summed E-state index contributed by atoms with van der Waals surface area (Å²) in [5.41, 5.74) is 1.61. The van der Waals surface area contributed by atoms with Gasteiger partial charge in [-0.1, -0.05) is 32.0 Å². The van der Waals surface area contributed by atoms with Crippen molar-refractivity contribution in [3.63, 3.8) is 0 Å². The molecule has 9 nitrogen and oxygen atoms in total. The van der Waals surface area contributed by atoms with E-state index in [1.807, 2.05) is 58.0 Å². The van der Waals surface area contributed by atoms with Gasteiger partial charge < -0.3 is 10.2 Å². The Balaban J connectivity index is 1.70. The van der Waals surface area contributed by atoms with Gasteiger partial charge in [-0.3, -0.25) is 24.1 Å². The Morgan fingerprint density at radius 1 is 0.972 bits per heavy atom. The molecule has 4 rings (SSSR count). The molecule has 4 amide bonds. The molecule has 0 atom stereocenters. The number of nitrogens with one attached hydrogen (secondary N) is 1. The molecule has 36 heavy (non-hydrogen) atoms. The second-order valence-corrected chi connectivity index (χ2v) is 8.96. The summed E-state index contributed by atoms with van der Waals surface area (Å²) in [5.74, 6) is -1.19. The topological polar surface area (TPSA) is 105 Å². The second kappa shape index (κ2) is 10.2. The number of benzene rings is 2. The predicted octanol–water partition coefficient (Wildman–Crippen LogP) is 3.86. The fourth-order valence-electron chi connectivity index (χ4n) is 4.21. The minimum atomic E-state index is -0.522. The van der Waals surface area contributed by atoms with Gasteiger partial charge in [-0.25, -0.2) is 4.68 Å². The first-order valence-corrected chi connectivity index (χ1v) is 12.0. The van der Waals surface area contributed by atoms with E-state index < -0.39 is 11.8 Å². The summed E-state index contributed by atoms with van der Waals surface area (Å²) in [7, 11) is 0. The number of aromatic nitrogens is 2. The van der Waals surface area contributed by atoms with Crippen molar-refractivity contribution in [3.05, 3.63) is 77.0 Å². The van der Waals surface area contributed by atoms with E-state index in [0.29, 0.717) is 25.3 Å². The molecule has 1 aromatic heterocycles. The van der Waals surface area contributed by atoms with Gasteiger partial charge in [0.1, 0.15) is 11.4 Å². The van der Waals surface area contributed by atoms with Crippen LogP contribution in [0.3, 0.4) is 0 Å². The molecule has 0 aliphatic carbocycles. The quantitative estimate of drug-likeness (QED) is 0.486. The van der Waals surface area contributed by atoms with Crippen molar-refractivity contribution in [3.8, 4) is 5.69 Å². The summed E-state index contributed by atoms with van der Waals surface area (Å²) < 4.78 is 1.50. The largest absolute Gasteiger partial charge is 0.339 e. The Morgan fingerprint density at radius 2 is 1.64 bits per heavy atom. The van der Waals surface area contributed by atoms with Gasteiger partial charge in [-0.05, 0) is 50.1 Å². The van der Waals surface area contributed by atoms with Crippen LogP contribution in [0.15, 0.2) is 54.7 Å². The lowest BCUT2D eigenvalue weighted by atomic mass is 10.1. The van der Waals surface area contributed by atoms with E-state index in [1.54, 1.807) is 4.90 Å². The number of amides is 4. The molecule has 0 radical (unpaired) electrons. The van der Waals surface area contributed by atoms with Crippen molar-refractivity contribution in [2.24, 2.45) is 5.92 Å². The van der Waals surface area contributed by atoms with Gasteiger partial charge in [-0.15, -0.1) is 0 Å². The van der Waals surface area contributed by atoms with Crippen LogP contribution in [0.4, 0.5) is 5.82 Å². The van der Waals surface area contributed by atoms with E-state index >= 15 is 0 Å². The molecule has 1 aliphatic rings. The lowest BCUT2D eigenvalue weighted by Crippen LogP contribution is -2.33. The number of fused-ring (bicyclic) bond motifs is 1. The predicted molar refractivity (Wildman–Crippen MR) is 135 cm³/mol. The highest BCUT2D eigenvalue weighted by Crippen LogP contribution is 2.27. The first-order chi connectivity index (χ1) is 17.3. The van der Waals surface area contributed by atoms with Crippen molar-refractivity contribution in [1.82, 2.24) is 19.6 Å². The van der Waals surface area contributed by atoms with Crippen LogP contribution in [-0.4, -0.2) is 62.8 Å². The molecule has 1 N–H and O–H groups in total. The maximum Gasteiger partial charge on any atom is 0.261 e. The van der Waals surface area contributed by atoms with Gasteiger partial charge >= 0.3 is 0 Å². The van der Waals surface area contributed by atoms with Crippen LogP contribution in [0.25, 0.3) is 5.69 Å². The standard InChI is InChI=1S/C27H29N5O4/c1-5-30(6-2)25(34)22-15-28-32(19-10-8-7-9-11-19)23(22)29-24(33)18-12-13-20-21(14-18)27(36)31(26(20)35)16-17(3)4/h7-15,17H,5-6,16H2,1-4H3,(H,29,33). The average Bonchev–Trinajstić information content (AvgIpc) is 3.39. The number of imide groups is 1. The SMILES string of the molecule is CCN(CC)C(=O)c1cnn(-c2ccccc2)c1NC(=O)c1ccc2c(c1)C(=O)N(CC(C)C)C2=O. The Hall–Kier alpha value is -4.27. The third kappa shape index (κ3) is 4.51. The Morgan fingerprint density at radius 3 is 2.28 bits per heavy atom. The number of para-hydroxylation sites is 1. The first-order valence-electron chi connectivity index (χ1n) is 12.0. The fourth-order valence-corrected chi connectivity index (χ4v) is 4.21. The number of hydrogen-bond donors (Lipinski definition) is 1. The van der Waals surface area contributed by atoms with Crippen molar-refractivity contribution in [2.75, 3.05) is 25.0 Å². The van der Waals surface area contributed by atoms with E-state index in [9.17, 15) is 19.2 Å². The molecule has 0 saturated heterocycles. The van der Waals surface area contributed by atoms with Gasteiger partial charge in [0, 0.05) is 25.2 Å². The number of hydrogen-bond acceptors (Lipinski definition) is 5. The van der Waals surface area contributed by atoms with Crippen molar-refractivity contribution < 1.29 is 19.2 Å². The van der Waals surface area contributed by atoms with Crippen molar-refractivity contribution >= 4 is 29.4 Å². The molecule has 0 spiro atoms. The van der Waals surface area contributed by atoms with Crippen LogP contribution in [0, 0.1) is 5.92 Å². The van der Waals surface area contributed by atoms with E-state index in [2.05, 4.69) is 10.4 Å². The minimum Gasteiger partial charge on any atom is -0.339 e. The van der Waals surface area contributed by atoms with Gasteiger partial charge in [0.25, 0.3) is 23.6 Å². The molecule has 186 valence electrons. The van der Waals surface area contributed by atoms with Crippen molar-refractivity contribution in [1.29, 1.82) is 0 Å². The summed E-state index contributed by atoms with van der Waals surface area (Å²) >= 11 is 0. The molecular weight excluding hydrogens is 458 g/mol. The van der Waals surface area contributed by atoms with Crippen LogP contribution in [0.5, 0.6) is 0 Å². The second-order valence-electron chi connectivity index (χ2n) is 8.96. The smallest absolute Gasteiger partial charge is 0.261 e. The lowest BCUT2D eigenvalue weighted by molar-refractivity contribution is 0.0635. The summed E-state index contributed by atoms with van der Waals surface area (Å²) in [6, 6.07) is 13.6. The summed E-state index contributed by atoms with van der Waals surface area (Å²) in [4.78, 5) is 54.9. The van der Waals surface area contributed by atoms with Crippen LogP contribution < -0.4 is 5.32 Å². The third-order valence-corrected chi connectivity index (χ3v) is 6.06. The number of nitrogens with zero attached hydrogens (tertiary/aromatic N) is 4. The van der Waals surface area contributed by atoms with Crippen LogP contribution in [0.2, 0.25) is 0 Å². The minimum absolute atomic E-state index is 0.120. The number of anilines is 1. The van der Waals surface area contributed by atoms with Gasteiger partial charge in [0.2, 0.25) is 0 Å². The highest BCUT2D eigenvalue weighted by molar-refractivity contribution is 6.22. The molecule has 1 aliphatic heterocycles. The van der Waals surface area contributed by atoms with E-state index in [0.717, 1.165) is 0 Å². The van der Waals surface area contributed by atoms with Crippen molar-refractivity contribution in [2.45, 2.75) is 27.7 Å². The molecule has 0 saturated carbocycles. The normalized spacial score (nSPS) is 12.8. The van der Waals surface area contributed by atoms with Gasteiger partial charge in [0.15, 0.2) is 0 Å². The number of carbonyl (C=O) groups excluding carboxylic acids is 4. The molecule has 2 heterocycles. The first kappa shape index (κ1) is 24.8. The third-order valence-electron chi connectivity index (χ3n) is 6.06. The maximum atomic E-state index is 13.3. The molecule has 0 fully saturated rings. The monoisotopic (exact) mass is 487 g/mol. The Kier molecular flexibility index (Phi) is 7.00. The Labute approximate surface area is 209 Å². The molecule has 0 unspecified atom stereocenters. The zero-order valence-corrected chi connectivity index (χ0v) is 20.8. The lowest BCUT2D eigenvalue weighted by Gasteiger charge is -2.19. The Bertz CT molecular complexity index is 1330. The molecule has 9 heteroatoms. The zero-order chi connectivity index (χ0) is 26.0. The zero-order valence-electron chi connectivity index (χ0n) is 20.8. The highest BCUT2D eigenvalue weighted by Gasteiger charge is 2.36. The van der Waals surface area contributed by atoms with E-state index in [-0.39, 0.29) is 45.8 Å².